The minimum absolute atomic E-state index is 0.0696. The summed E-state index contributed by atoms with van der Waals surface area (Å²) in [5, 5.41) is 23.5. The maximum absolute atomic E-state index is 13.1. The van der Waals surface area contributed by atoms with Gasteiger partial charge in [0, 0.05) is 44.5 Å². The van der Waals surface area contributed by atoms with Crippen molar-refractivity contribution in [3.05, 3.63) is 87.5 Å². The lowest BCUT2D eigenvalue weighted by molar-refractivity contribution is -0.384. The molecule has 12 heteroatoms. The Morgan fingerprint density at radius 1 is 1.03 bits per heavy atom. The normalized spacial score (nSPS) is 14.0. The number of nitrogens with zero attached hydrogens (tertiary/aromatic N) is 4. The fourth-order valence-electron chi connectivity index (χ4n) is 3.92. The summed E-state index contributed by atoms with van der Waals surface area (Å²) in [6.45, 7) is 2.05. The van der Waals surface area contributed by atoms with Gasteiger partial charge in [0.1, 0.15) is 5.82 Å². The number of alkyl halides is 3. The van der Waals surface area contributed by atoms with E-state index in [2.05, 4.69) is 10.3 Å². The van der Waals surface area contributed by atoms with E-state index in [-0.39, 0.29) is 23.6 Å². The van der Waals surface area contributed by atoms with Crippen molar-refractivity contribution >= 4 is 29.0 Å². The molecule has 4 rings (SSSR count). The molecule has 1 saturated heterocycles. The maximum atomic E-state index is 13.1. The summed E-state index contributed by atoms with van der Waals surface area (Å²) in [5.74, 6) is -0.471. The summed E-state index contributed by atoms with van der Waals surface area (Å²) in [7, 11) is 0. The van der Waals surface area contributed by atoms with E-state index >= 15 is 0 Å². The third-order valence-corrected chi connectivity index (χ3v) is 5.86. The Hall–Kier alpha value is -4.35. The molecule has 3 aromatic rings. The molecule has 0 radical (unpaired) electrons. The molecule has 2 N–H and O–H groups in total. The molecule has 2 heterocycles. The van der Waals surface area contributed by atoms with Crippen molar-refractivity contribution in [2.24, 2.45) is 0 Å². The molecule has 2 aromatic carbocycles. The fraction of sp³-hybridized carbons (Fsp3) is 0.250. The number of aromatic carboxylic acids is 1. The molecular formula is C24H22F3N5O4. The Morgan fingerprint density at radius 2 is 1.69 bits per heavy atom. The first-order valence-electron chi connectivity index (χ1n) is 11.0. The van der Waals surface area contributed by atoms with E-state index in [1.54, 1.807) is 24.3 Å². The summed E-state index contributed by atoms with van der Waals surface area (Å²) >= 11 is 0. The highest BCUT2D eigenvalue weighted by Crippen LogP contribution is 2.32. The number of carboxylic acid groups (broad SMARTS) is 1. The highest BCUT2D eigenvalue weighted by atomic mass is 19.4. The summed E-state index contributed by atoms with van der Waals surface area (Å²) < 4.78 is 39.2. The van der Waals surface area contributed by atoms with Crippen LogP contribution < -0.4 is 15.1 Å². The van der Waals surface area contributed by atoms with Crippen LogP contribution in [0, 0.1) is 10.1 Å². The molecule has 0 aliphatic carbocycles. The highest BCUT2D eigenvalue weighted by molar-refractivity contribution is 5.87. The van der Waals surface area contributed by atoms with Crippen molar-refractivity contribution in [2.75, 3.05) is 41.3 Å². The van der Waals surface area contributed by atoms with E-state index in [9.17, 15) is 28.1 Å². The first kappa shape index (κ1) is 24.8. The van der Waals surface area contributed by atoms with Gasteiger partial charge in [-0.05, 0) is 42.0 Å². The largest absolute Gasteiger partial charge is 0.478 e. The molecule has 9 nitrogen and oxygen atoms in total. The van der Waals surface area contributed by atoms with Crippen LogP contribution >= 0.6 is 0 Å². The van der Waals surface area contributed by atoms with E-state index in [1.807, 2.05) is 9.80 Å². The van der Waals surface area contributed by atoms with E-state index in [1.165, 1.54) is 24.3 Å². The van der Waals surface area contributed by atoms with Gasteiger partial charge in [-0.15, -0.1) is 0 Å². The van der Waals surface area contributed by atoms with Gasteiger partial charge >= 0.3 is 17.8 Å². The quantitative estimate of drug-likeness (QED) is 0.356. The number of nitrogens with one attached hydrogen (secondary N) is 1. The van der Waals surface area contributed by atoms with Crippen molar-refractivity contribution in [1.29, 1.82) is 0 Å². The molecular weight excluding hydrogens is 479 g/mol. The van der Waals surface area contributed by atoms with Gasteiger partial charge < -0.3 is 20.2 Å². The lowest BCUT2D eigenvalue weighted by Crippen LogP contribution is -2.46. The first-order valence-corrected chi connectivity index (χ1v) is 11.0. The van der Waals surface area contributed by atoms with Crippen LogP contribution in [0.25, 0.3) is 0 Å². The van der Waals surface area contributed by atoms with Crippen LogP contribution in [0.15, 0.2) is 60.7 Å². The zero-order valence-electron chi connectivity index (χ0n) is 18.9. The van der Waals surface area contributed by atoms with Crippen LogP contribution in [0.1, 0.15) is 21.5 Å². The predicted octanol–water partition coefficient (Wildman–Crippen LogP) is 4.65. The van der Waals surface area contributed by atoms with Crippen LogP contribution in [-0.4, -0.2) is 47.2 Å². The number of halogens is 3. The van der Waals surface area contributed by atoms with Crippen LogP contribution in [-0.2, 0) is 12.7 Å². The van der Waals surface area contributed by atoms with Crippen LogP contribution in [0.2, 0.25) is 0 Å². The van der Waals surface area contributed by atoms with Crippen LogP contribution in [0.3, 0.4) is 0 Å². The van der Waals surface area contributed by atoms with Gasteiger partial charge in [-0.2, -0.15) is 13.2 Å². The van der Waals surface area contributed by atoms with Gasteiger partial charge in [0.15, 0.2) is 0 Å². The highest BCUT2D eigenvalue weighted by Gasteiger charge is 2.31. The second-order valence-electron chi connectivity index (χ2n) is 8.17. The van der Waals surface area contributed by atoms with Gasteiger partial charge in [0.25, 0.3) is 0 Å². The number of anilines is 3. The zero-order chi connectivity index (χ0) is 25.9. The molecule has 1 aliphatic heterocycles. The van der Waals surface area contributed by atoms with Crippen molar-refractivity contribution in [3.63, 3.8) is 0 Å². The SMILES string of the molecule is O=C(O)c1ccc(CNc2nc(N3CCN(c4cccc(C(F)(F)F)c4)CC3)ccc2[N+](=O)[O-])cc1. The van der Waals surface area contributed by atoms with E-state index in [0.29, 0.717) is 37.7 Å². The Kier molecular flexibility index (Phi) is 6.95. The Bertz CT molecular complexity index is 1260. The number of hydrogen-bond donors (Lipinski definition) is 2. The number of nitro groups is 1. The number of aromatic nitrogens is 1. The van der Waals surface area contributed by atoms with Crippen molar-refractivity contribution in [2.45, 2.75) is 12.7 Å². The first-order chi connectivity index (χ1) is 17.1. The molecule has 0 spiro atoms. The molecule has 1 aliphatic rings. The summed E-state index contributed by atoms with van der Waals surface area (Å²) in [5.41, 5.74) is 0.430. The van der Waals surface area contributed by atoms with E-state index < -0.39 is 22.6 Å². The van der Waals surface area contributed by atoms with Crippen molar-refractivity contribution < 1.29 is 28.0 Å². The maximum Gasteiger partial charge on any atom is 0.416 e. The van der Waals surface area contributed by atoms with Crippen molar-refractivity contribution in [1.82, 2.24) is 4.98 Å². The summed E-state index contributed by atoms with van der Waals surface area (Å²) in [6, 6.07) is 14.2. The minimum atomic E-state index is -4.41. The number of benzene rings is 2. The monoisotopic (exact) mass is 501 g/mol. The van der Waals surface area contributed by atoms with Gasteiger partial charge in [-0.25, -0.2) is 9.78 Å². The minimum Gasteiger partial charge on any atom is -0.478 e. The molecule has 0 saturated carbocycles. The number of carbonyl (C=O) groups is 1. The molecule has 1 fully saturated rings. The topological polar surface area (TPSA) is 112 Å². The zero-order valence-corrected chi connectivity index (χ0v) is 18.9. The number of rotatable bonds is 7. The second-order valence-corrected chi connectivity index (χ2v) is 8.17. The molecule has 36 heavy (non-hydrogen) atoms. The van der Waals surface area contributed by atoms with E-state index in [0.717, 1.165) is 17.7 Å². The second kappa shape index (κ2) is 10.1. The number of piperazine rings is 1. The molecule has 1 aromatic heterocycles. The number of carboxylic acids is 1. The van der Waals surface area contributed by atoms with Gasteiger partial charge in [-0.1, -0.05) is 18.2 Å². The Balaban J connectivity index is 1.45. The van der Waals surface area contributed by atoms with Gasteiger partial charge in [0.2, 0.25) is 5.82 Å². The van der Waals surface area contributed by atoms with Crippen molar-refractivity contribution in [3.8, 4) is 0 Å². The molecule has 0 atom stereocenters. The fourth-order valence-corrected chi connectivity index (χ4v) is 3.92. The average Bonchev–Trinajstić information content (AvgIpc) is 2.87. The molecule has 0 amide bonds. The average molecular weight is 501 g/mol. The Labute approximate surface area is 203 Å². The third kappa shape index (κ3) is 5.65. The molecule has 0 unspecified atom stereocenters. The summed E-state index contributed by atoms with van der Waals surface area (Å²) in [6.07, 6.45) is -4.41. The smallest absolute Gasteiger partial charge is 0.416 e. The van der Waals surface area contributed by atoms with Crippen LogP contribution in [0.5, 0.6) is 0 Å². The standard InChI is InChI=1S/C24H22F3N5O4/c25-24(26,27)18-2-1-3-19(14-18)30-10-12-31(13-11-30)21-9-8-20(32(35)36)22(29-21)28-15-16-4-6-17(7-5-16)23(33)34/h1-9,14H,10-13,15H2,(H,28,29)(H,33,34). The summed E-state index contributed by atoms with van der Waals surface area (Å²) in [4.78, 5) is 30.2. The van der Waals surface area contributed by atoms with Crippen LogP contribution in [0.4, 0.5) is 36.2 Å². The number of pyridine rings is 1. The molecule has 188 valence electrons. The molecule has 0 bridgehead atoms. The lowest BCUT2D eigenvalue weighted by atomic mass is 10.1. The number of hydrogen-bond acceptors (Lipinski definition) is 7. The lowest BCUT2D eigenvalue weighted by Gasteiger charge is -2.37. The predicted molar refractivity (Wildman–Crippen MR) is 127 cm³/mol. The van der Waals surface area contributed by atoms with E-state index in [4.69, 9.17) is 5.11 Å². The van der Waals surface area contributed by atoms with Gasteiger partial charge in [0.05, 0.1) is 16.1 Å². The van der Waals surface area contributed by atoms with Gasteiger partial charge in [-0.3, -0.25) is 10.1 Å². The Morgan fingerprint density at radius 3 is 2.31 bits per heavy atom. The third-order valence-electron chi connectivity index (χ3n) is 5.86.